The predicted molar refractivity (Wildman–Crippen MR) is 114 cm³/mol. The summed E-state index contributed by atoms with van der Waals surface area (Å²) in [5, 5.41) is 5.07. The third-order valence-electron chi connectivity index (χ3n) is 5.17. The molecule has 3 aromatic rings. The molecule has 0 aliphatic carbocycles. The van der Waals surface area contributed by atoms with Crippen LogP contribution in [-0.2, 0) is 11.2 Å². The second-order valence-electron chi connectivity index (χ2n) is 6.88. The van der Waals surface area contributed by atoms with Crippen molar-refractivity contribution in [3.63, 3.8) is 0 Å². The van der Waals surface area contributed by atoms with E-state index in [-0.39, 0.29) is 5.91 Å². The van der Waals surface area contributed by atoms with E-state index in [0.29, 0.717) is 6.42 Å². The summed E-state index contributed by atoms with van der Waals surface area (Å²) >= 11 is 3.30. The fourth-order valence-electron chi connectivity index (χ4n) is 3.44. The Balaban J connectivity index is 1.35. The van der Waals surface area contributed by atoms with Crippen LogP contribution in [0.1, 0.15) is 16.8 Å². The number of anilines is 1. The molecule has 0 bridgehead atoms. The van der Waals surface area contributed by atoms with Crippen molar-refractivity contribution < 1.29 is 4.79 Å². The van der Waals surface area contributed by atoms with Gasteiger partial charge in [0, 0.05) is 37.2 Å². The number of thiophene rings is 1. The zero-order chi connectivity index (χ0) is 18.8. The van der Waals surface area contributed by atoms with Crippen molar-refractivity contribution in [2.24, 2.45) is 0 Å². The van der Waals surface area contributed by atoms with Gasteiger partial charge in [-0.25, -0.2) is 4.98 Å². The summed E-state index contributed by atoms with van der Waals surface area (Å²) in [6.07, 6.45) is 0.394. The van der Waals surface area contributed by atoms with Gasteiger partial charge < -0.3 is 9.80 Å². The largest absolute Gasteiger partial charge is 0.368 e. The number of amides is 1. The molecule has 0 spiro atoms. The molecule has 1 amide bonds. The quantitative estimate of drug-likeness (QED) is 0.655. The fourth-order valence-corrected chi connectivity index (χ4v) is 5.08. The first-order valence-electron chi connectivity index (χ1n) is 9.19. The number of hydrogen-bond donors (Lipinski definition) is 0. The first-order valence-corrected chi connectivity index (χ1v) is 10.9. The van der Waals surface area contributed by atoms with Crippen molar-refractivity contribution in [2.45, 2.75) is 20.3 Å². The summed E-state index contributed by atoms with van der Waals surface area (Å²) in [7, 11) is 0. The molecule has 0 unspecified atom stereocenters. The minimum atomic E-state index is 0.179. The van der Waals surface area contributed by atoms with Crippen molar-refractivity contribution in [1.29, 1.82) is 0 Å². The highest BCUT2D eigenvalue weighted by Crippen LogP contribution is 2.28. The zero-order valence-corrected chi connectivity index (χ0v) is 17.3. The summed E-state index contributed by atoms with van der Waals surface area (Å²) in [5.41, 5.74) is 4.82. The van der Waals surface area contributed by atoms with E-state index in [1.54, 1.807) is 22.7 Å². The van der Waals surface area contributed by atoms with E-state index in [2.05, 4.69) is 53.4 Å². The van der Waals surface area contributed by atoms with E-state index in [1.807, 2.05) is 16.3 Å². The van der Waals surface area contributed by atoms with E-state index in [0.717, 1.165) is 36.9 Å². The van der Waals surface area contributed by atoms with Gasteiger partial charge in [-0.15, -0.1) is 22.7 Å². The smallest absolute Gasteiger partial charge is 0.228 e. The van der Waals surface area contributed by atoms with Crippen molar-refractivity contribution in [3.05, 3.63) is 57.9 Å². The maximum Gasteiger partial charge on any atom is 0.228 e. The van der Waals surface area contributed by atoms with Crippen LogP contribution >= 0.6 is 22.7 Å². The number of rotatable bonds is 4. The first kappa shape index (κ1) is 18.2. The van der Waals surface area contributed by atoms with E-state index in [9.17, 15) is 4.79 Å². The monoisotopic (exact) mass is 397 g/mol. The number of aromatic nitrogens is 1. The molecule has 6 heteroatoms. The number of benzene rings is 1. The second-order valence-corrected chi connectivity index (χ2v) is 8.69. The lowest BCUT2D eigenvalue weighted by atomic mass is 10.1. The second kappa shape index (κ2) is 7.82. The van der Waals surface area contributed by atoms with E-state index >= 15 is 0 Å². The standard InChI is InChI=1S/C21H23N3OS2/c1-15-5-3-6-18(16(15)2)23-8-10-24(11-9-23)20(25)13-17-14-27-21(22-17)19-7-4-12-26-19/h3-7,12,14H,8-11,13H2,1-2H3. The van der Waals surface area contributed by atoms with Crippen LogP contribution in [0.2, 0.25) is 0 Å². The van der Waals surface area contributed by atoms with Crippen LogP contribution in [-0.4, -0.2) is 42.0 Å². The predicted octanol–water partition coefficient (Wildman–Crippen LogP) is 4.38. The van der Waals surface area contributed by atoms with Gasteiger partial charge in [-0.1, -0.05) is 18.2 Å². The summed E-state index contributed by atoms with van der Waals surface area (Å²) < 4.78 is 0. The summed E-state index contributed by atoms with van der Waals surface area (Å²) in [6, 6.07) is 10.5. The Morgan fingerprint density at radius 1 is 1.07 bits per heavy atom. The van der Waals surface area contributed by atoms with Gasteiger partial charge in [0.15, 0.2) is 0 Å². The Bertz CT molecular complexity index is 925. The molecule has 140 valence electrons. The zero-order valence-electron chi connectivity index (χ0n) is 15.6. The van der Waals surface area contributed by atoms with Crippen molar-refractivity contribution in [3.8, 4) is 9.88 Å². The van der Waals surface area contributed by atoms with E-state index < -0.39 is 0 Å². The number of hydrogen-bond acceptors (Lipinski definition) is 5. The molecule has 2 aromatic heterocycles. The maximum absolute atomic E-state index is 12.7. The molecular formula is C21H23N3OS2. The van der Waals surface area contributed by atoms with Gasteiger partial charge in [0.25, 0.3) is 0 Å². The molecule has 0 saturated carbocycles. The number of carbonyl (C=O) groups excluding carboxylic acids is 1. The van der Waals surface area contributed by atoms with Crippen molar-refractivity contribution in [1.82, 2.24) is 9.88 Å². The van der Waals surface area contributed by atoms with E-state index in [4.69, 9.17) is 0 Å². The van der Waals surface area contributed by atoms with Gasteiger partial charge in [-0.2, -0.15) is 0 Å². The Labute approximate surface area is 168 Å². The van der Waals surface area contributed by atoms with Crippen LogP contribution in [0.4, 0.5) is 5.69 Å². The molecule has 1 fully saturated rings. The SMILES string of the molecule is Cc1cccc(N2CCN(C(=O)Cc3csc(-c4cccs4)n3)CC2)c1C. The third-order valence-corrected chi connectivity index (χ3v) is 7.10. The minimum absolute atomic E-state index is 0.179. The van der Waals surface area contributed by atoms with Gasteiger partial charge >= 0.3 is 0 Å². The molecule has 3 heterocycles. The van der Waals surface area contributed by atoms with Crippen LogP contribution in [0.5, 0.6) is 0 Å². The topological polar surface area (TPSA) is 36.4 Å². The third kappa shape index (κ3) is 3.92. The van der Waals surface area contributed by atoms with E-state index in [1.165, 1.54) is 21.7 Å². The molecule has 0 radical (unpaired) electrons. The summed E-state index contributed by atoms with van der Waals surface area (Å²) in [4.78, 5) is 22.9. The van der Waals surface area contributed by atoms with Gasteiger partial charge in [0.2, 0.25) is 5.91 Å². The number of nitrogens with zero attached hydrogens (tertiary/aromatic N) is 3. The molecular weight excluding hydrogens is 374 g/mol. The molecule has 1 aliphatic rings. The lowest BCUT2D eigenvalue weighted by Gasteiger charge is -2.37. The lowest BCUT2D eigenvalue weighted by molar-refractivity contribution is -0.130. The number of carbonyl (C=O) groups is 1. The highest BCUT2D eigenvalue weighted by Gasteiger charge is 2.23. The van der Waals surface area contributed by atoms with Crippen LogP contribution in [0.15, 0.2) is 41.1 Å². The molecule has 1 saturated heterocycles. The van der Waals surface area contributed by atoms with Crippen LogP contribution in [0.3, 0.4) is 0 Å². The Hall–Kier alpha value is -2.18. The fraction of sp³-hybridized carbons (Fsp3) is 0.333. The summed E-state index contributed by atoms with van der Waals surface area (Å²) in [6.45, 7) is 7.63. The molecule has 4 rings (SSSR count). The van der Waals surface area contributed by atoms with Gasteiger partial charge in [-0.3, -0.25) is 4.79 Å². The van der Waals surface area contributed by atoms with Crippen molar-refractivity contribution in [2.75, 3.05) is 31.1 Å². The van der Waals surface area contributed by atoms with Gasteiger partial charge in [0.1, 0.15) is 5.01 Å². The van der Waals surface area contributed by atoms with Gasteiger partial charge in [0.05, 0.1) is 17.0 Å². The average molecular weight is 398 g/mol. The maximum atomic E-state index is 12.7. The molecule has 4 nitrogen and oxygen atoms in total. The number of piperazine rings is 1. The Kier molecular flexibility index (Phi) is 5.27. The molecule has 0 N–H and O–H groups in total. The first-order chi connectivity index (χ1) is 13.1. The molecule has 1 aliphatic heterocycles. The summed E-state index contributed by atoms with van der Waals surface area (Å²) in [5.74, 6) is 0.179. The highest BCUT2D eigenvalue weighted by molar-refractivity contribution is 7.20. The van der Waals surface area contributed by atoms with Gasteiger partial charge in [-0.05, 0) is 42.5 Å². The molecule has 0 atom stereocenters. The lowest BCUT2D eigenvalue weighted by Crippen LogP contribution is -2.49. The normalized spacial score (nSPS) is 14.6. The molecule has 27 heavy (non-hydrogen) atoms. The minimum Gasteiger partial charge on any atom is -0.368 e. The molecule has 1 aromatic carbocycles. The van der Waals surface area contributed by atoms with Crippen LogP contribution < -0.4 is 4.90 Å². The Morgan fingerprint density at radius 2 is 1.89 bits per heavy atom. The van der Waals surface area contributed by atoms with Crippen LogP contribution in [0.25, 0.3) is 9.88 Å². The number of aryl methyl sites for hydroxylation is 1. The highest BCUT2D eigenvalue weighted by atomic mass is 32.1. The number of thiazole rings is 1. The van der Waals surface area contributed by atoms with Crippen LogP contribution in [0, 0.1) is 13.8 Å². The van der Waals surface area contributed by atoms with Crippen molar-refractivity contribution >= 4 is 34.3 Å². The average Bonchev–Trinajstić information content (AvgIpc) is 3.36. The Morgan fingerprint density at radius 3 is 2.63 bits per heavy atom.